The largest absolute Gasteiger partial charge is 0.365 e. The molecule has 0 aliphatic carbocycles. The van der Waals surface area contributed by atoms with Gasteiger partial charge in [-0.3, -0.25) is 4.98 Å². The van der Waals surface area contributed by atoms with E-state index < -0.39 is 0 Å². The van der Waals surface area contributed by atoms with E-state index in [0.29, 0.717) is 4.99 Å². The summed E-state index contributed by atoms with van der Waals surface area (Å²) in [5, 5.41) is 3.06. The SMILES string of the molecule is S=C(N[CH]c1ccccc1)c1ccccn1. The van der Waals surface area contributed by atoms with Gasteiger partial charge in [0.1, 0.15) is 4.99 Å². The highest BCUT2D eigenvalue weighted by Gasteiger charge is 2.00. The van der Waals surface area contributed by atoms with Crippen LogP contribution in [0.3, 0.4) is 0 Å². The summed E-state index contributed by atoms with van der Waals surface area (Å²) in [7, 11) is 0. The molecule has 0 atom stereocenters. The van der Waals surface area contributed by atoms with E-state index in [-0.39, 0.29) is 0 Å². The molecule has 0 aliphatic rings. The molecule has 3 heteroatoms. The van der Waals surface area contributed by atoms with Crippen molar-refractivity contribution in [1.29, 1.82) is 0 Å². The Morgan fingerprint density at radius 1 is 1.06 bits per heavy atom. The fourth-order valence-corrected chi connectivity index (χ4v) is 1.45. The Bertz CT molecular complexity index is 454. The number of benzene rings is 1. The maximum atomic E-state index is 5.21. The monoisotopic (exact) mass is 227 g/mol. The van der Waals surface area contributed by atoms with Crippen LogP contribution in [0.2, 0.25) is 0 Å². The Morgan fingerprint density at radius 2 is 1.81 bits per heavy atom. The number of hydrogen-bond acceptors (Lipinski definition) is 2. The van der Waals surface area contributed by atoms with E-state index in [0.717, 1.165) is 11.3 Å². The number of thiocarbonyl (C=S) groups is 1. The lowest BCUT2D eigenvalue weighted by Gasteiger charge is -2.06. The van der Waals surface area contributed by atoms with E-state index in [2.05, 4.69) is 10.3 Å². The summed E-state index contributed by atoms with van der Waals surface area (Å²) in [6.45, 7) is 1.87. The summed E-state index contributed by atoms with van der Waals surface area (Å²) in [6, 6.07) is 15.6. The smallest absolute Gasteiger partial charge is 0.125 e. The molecule has 0 amide bonds. The van der Waals surface area contributed by atoms with Crippen molar-refractivity contribution < 1.29 is 0 Å². The van der Waals surface area contributed by atoms with Crippen molar-refractivity contribution in [3.8, 4) is 0 Å². The first-order chi connectivity index (χ1) is 7.86. The molecule has 2 rings (SSSR count). The summed E-state index contributed by atoms with van der Waals surface area (Å²) in [4.78, 5) is 4.80. The highest BCUT2D eigenvalue weighted by molar-refractivity contribution is 7.80. The zero-order chi connectivity index (χ0) is 11.2. The Kier molecular flexibility index (Phi) is 3.62. The molecule has 0 bridgehead atoms. The molecule has 1 heterocycles. The first-order valence-corrected chi connectivity index (χ1v) is 5.37. The molecule has 79 valence electrons. The third kappa shape index (κ3) is 2.87. The highest BCUT2D eigenvalue weighted by atomic mass is 32.1. The van der Waals surface area contributed by atoms with Gasteiger partial charge in [-0.2, -0.15) is 0 Å². The predicted octanol–water partition coefficient (Wildman–Crippen LogP) is 2.56. The van der Waals surface area contributed by atoms with Crippen LogP contribution in [0, 0.1) is 6.54 Å². The third-order valence-corrected chi connectivity index (χ3v) is 2.39. The van der Waals surface area contributed by atoms with Crippen LogP contribution in [-0.4, -0.2) is 9.97 Å². The minimum Gasteiger partial charge on any atom is -0.365 e. The van der Waals surface area contributed by atoms with Gasteiger partial charge in [0, 0.05) is 6.20 Å². The van der Waals surface area contributed by atoms with Crippen LogP contribution < -0.4 is 5.32 Å². The van der Waals surface area contributed by atoms with Gasteiger partial charge in [-0.15, -0.1) is 0 Å². The lowest BCUT2D eigenvalue weighted by molar-refractivity contribution is 1.14. The number of nitrogens with one attached hydrogen (secondary N) is 1. The lowest BCUT2D eigenvalue weighted by atomic mass is 10.2. The van der Waals surface area contributed by atoms with Gasteiger partial charge in [0.15, 0.2) is 0 Å². The molecule has 2 nitrogen and oxygen atoms in total. The first kappa shape index (κ1) is 10.8. The summed E-state index contributed by atoms with van der Waals surface area (Å²) in [5.74, 6) is 0. The molecule has 0 saturated heterocycles. The first-order valence-electron chi connectivity index (χ1n) is 4.96. The van der Waals surface area contributed by atoms with E-state index in [4.69, 9.17) is 12.2 Å². The van der Waals surface area contributed by atoms with E-state index in [1.165, 1.54) is 0 Å². The standard InChI is InChI=1S/C13H11N2S/c16-13(12-8-4-5-9-14-12)15-10-11-6-2-1-3-7-11/h1-10H,(H,15,16). The van der Waals surface area contributed by atoms with Gasteiger partial charge in [0.25, 0.3) is 0 Å². The molecule has 0 spiro atoms. The topological polar surface area (TPSA) is 24.9 Å². The minimum absolute atomic E-state index is 0.629. The fourth-order valence-electron chi connectivity index (χ4n) is 1.27. The number of aromatic nitrogens is 1. The van der Waals surface area contributed by atoms with Crippen molar-refractivity contribution in [2.24, 2.45) is 0 Å². The van der Waals surface area contributed by atoms with Crippen LogP contribution in [0.15, 0.2) is 54.7 Å². The lowest BCUT2D eigenvalue weighted by Crippen LogP contribution is -2.20. The second-order valence-corrected chi connectivity index (χ2v) is 3.65. The van der Waals surface area contributed by atoms with Gasteiger partial charge >= 0.3 is 0 Å². The van der Waals surface area contributed by atoms with E-state index in [1.54, 1.807) is 6.20 Å². The molecule has 1 N–H and O–H groups in total. The number of pyridine rings is 1. The maximum absolute atomic E-state index is 5.21. The van der Waals surface area contributed by atoms with Crippen molar-refractivity contribution in [1.82, 2.24) is 10.3 Å². The number of rotatable bonds is 3. The number of hydrogen-bond donors (Lipinski definition) is 1. The molecule has 0 saturated carbocycles. The van der Waals surface area contributed by atoms with Gasteiger partial charge in [-0.1, -0.05) is 48.6 Å². The fraction of sp³-hybridized carbons (Fsp3) is 0. The van der Waals surface area contributed by atoms with Crippen LogP contribution in [0.5, 0.6) is 0 Å². The summed E-state index contributed by atoms with van der Waals surface area (Å²) in [5.41, 5.74) is 1.87. The minimum atomic E-state index is 0.629. The second-order valence-electron chi connectivity index (χ2n) is 3.24. The molecule has 1 aromatic carbocycles. The summed E-state index contributed by atoms with van der Waals surface area (Å²) in [6.07, 6.45) is 1.73. The Hall–Kier alpha value is -1.74. The van der Waals surface area contributed by atoms with Crippen LogP contribution >= 0.6 is 12.2 Å². The number of nitrogens with zero attached hydrogens (tertiary/aromatic N) is 1. The molecule has 1 aromatic heterocycles. The van der Waals surface area contributed by atoms with Crippen molar-refractivity contribution in [2.45, 2.75) is 0 Å². The van der Waals surface area contributed by atoms with Crippen molar-refractivity contribution in [2.75, 3.05) is 0 Å². The van der Waals surface area contributed by atoms with E-state index in [1.807, 2.05) is 55.1 Å². The quantitative estimate of drug-likeness (QED) is 0.816. The second kappa shape index (κ2) is 5.37. The average molecular weight is 227 g/mol. The van der Waals surface area contributed by atoms with Gasteiger partial charge < -0.3 is 5.32 Å². The normalized spacial score (nSPS) is 9.75. The predicted molar refractivity (Wildman–Crippen MR) is 68.9 cm³/mol. The Balaban J connectivity index is 1.95. The molecular formula is C13H11N2S. The Morgan fingerprint density at radius 3 is 2.50 bits per heavy atom. The molecule has 0 fully saturated rings. The molecular weight excluding hydrogens is 216 g/mol. The van der Waals surface area contributed by atoms with Crippen LogP contribution in [0.25, 0.3) is 0 Å². The van der Waals surface area contributed by atoms with Crippen molar-refractivity contribution >= 4 is 17.2 Å². The van der Waals surface area contributed by atoms with E-state index in [9.17, 15) is 0 Å². The third-order valence-electron chi connectivity index (χ3n) is 2.07. The maximum Gasteiger partial charge on any atom is 0.125 e. The van der Waals surface area contributed by atoms with Crippen molar-refractivity contribution in [3.63, 3.8) is 0 Å². The van der Waals surface area contributed by atoms with Crippen LogP contribution in [-0.2, 0) is 0 Å². The van der Waals surface area contributed by atoms with Crippen LogP contribution in [0.4, 0.5) is 0 Å². The van der Waals surface area contributed by atoms with Crippen LogP contribution in [0.1, 0.15) is 11.3 Å². The Labute approximate surface area is 100 Å². The van der Waals surface area contributed by atoms with Crippen molar-refractivity contribution in [3.05, 3.63) is 72.5 Å². The van der Waals surface area contributed by atoms with E-state index >= 15 is 0 Å². The molecule has 0 aliphatic heterocycles. The van der Waals surface area contributed by atoms with Gasteiger partial charge in [-0.25, -0.2) is 0 Å². The highest BCUT2D eigenvalue weighted by Crippen LogP contribution is 2.01. The zero-order valence-electron chi connectivity index (χ0n) is 8.63. The summed E-state index contributed by atoms with van der Waals surface area (Å²) >= 11 is 5.21. The van der Waals surface area contributed by atoms with Gasteiger partial charge in [0.05, 0.1) is 12.2 Å². The zero-order valence-corrected chi connectivity index (χ0v) is 9.45. The molecule has 16 heavy (non-hydrogen) atoms. The summed E-state index contributed by atoms with van der Waals surface area (Å²) < 4.78 is 0. The molecule has 1 radical (unpaired) electrons. The van der Waals surface area contributed by atoms with Gasteiger partial charge in [-0.05, 0) is 17.7 Å². The average Bonchev–Trinajstić information content (AvgIpc) is 2.38. The van der Waals surface area contributed by atoms with Gasteiger partial charge in [0.2, 0.25) is 0 Å². The molecule has 0 unspecified atom stereocenters. The molecule has 2 aromatic rings.